The van der Waals surface area contributed by atoms with E-state index in [9.17, 15) is 14.9 Å². The SMILES string of the molecule is CC(C)c1ccc(NC(=O)[C@@H](c2cc3c(cc2[N+](=O)[O-])OCO3)N2C[C@H](C)C[C@H](C)C2)cc1. The van der Waals surface area contributed by atoms with E-state index in [0.717, 1.165) is 6.42 Å². The number of carbonyl (C=O) groups is 1. The van der Waals surface area contributed by atoms with Crippen molar-refractivity contribution in [1.29, 1.82) is 0 Å². The molecule has 1 saturated heterocycles. The second-order valence-corrected chi connectivity index (χ2v) is 9.59. The number of anilines is 1. The second kappa shape index (κ2) is 9.39. The van der Waals surface area contributed by atoms with Crippen LogP contribution in [0.15, 0.2) is 36.4 Å². The Bertz CT molecular complexity index is 1030. The fourth-order valence-corrected chi connectivity index (χ4v) is 4.91. The molecule has 0 unspecified atom stereocenters. The first-order chi connectivity index (χ1) is 15.7. The molecule has 8 heteroatoms. The predicted octanol–water partition coefficient (Wildman–Crippen LogP) is 5.10. The highest BCUT2D eigenvalue weighted by Crippen LogP contribution is 2.43. The van der Waals surface area contributed by atoms with Gasteiger partial charge in [-0.3, -0.25) is 19.8 Å². The van der Waals surface area contributed by atoms with Crippen LogP contribution in [0.4, 0.5) is 11.4 Å². The van der Waals surface area contributed by atoms with Gasteiger partial charge in [-0.15, -0.1) is 0 Å². The predicted molar refractivity (Wildman–Crippen MR) is 126 cm³/mol. The van der Waals surface area contributed by atoms with Gasteiger partial charge in [0, 0.05) is 18.8 Å². The fraction of sp³-hybridized carbons (Fsp3) is 0.480. The molecule has 0 radical (unpaired) electrons. The zero-order valence-corrected chi connectivity index (χ0v) is 19.5. The summed E-state index contributed by atoms with van der Waals surface area (Å²) in [6, 6.07) is 9.87. The average molecular weight is 454 g/mol. The zero-order valence-electron chi connectivity index (χ0n) is 19.5. The lowest BCUT2D eigenvalue weighted by atomic mass is 9.89. The maximum atomic E-state index is 13.7. The quantitative estimate of drug-likeness (QED) is 0.483. The van der Waals surface area contributed by atoms with Crippen LogP contribution in [-0.4, -0.2) is 35.6 Å². The van der Waals surface area contributed by atoms with Gasteiger partial charge < -0.3 is 14.8 Å². The minimum absolute atomic E-state index is 0.00673. The summed E-state index contributed by atoms with van der Waals surface area (Å²) in [6.07, 6.45) is 1.06. The molecule has 8 nitrogen and oxygen atoms in total. The van der Waals surface area contributed by atoms with Crippen molar-refractivity contribution in [3.63, 3.8) is 0 Å². The number of benzene rings is 2. The Labute approximate surface area is 194 Å². The second-order valence-electron chi connectivity index (χ2n) is 9.59. The summed E-state index contributed by atoms with van der Waals surface area (Å²) in [7, 11) is 0. The molecule has 1 N–H and O–H groups in total. The smallest absolute Gasteiger partial charge is 0.278 e. The van der Waals surface area contributed by atoms with E-state index < -0.39 is 11.0 Å². The molecule has 0 aliphatic carbocycles. The summed E-state index contributed by atoms with van der Waals surface area (Å²) < 4.78 is 10.8. The Morgan fingerprint density at radius 1 is 1.09 bits per heavy atom. The Morgan fingerprint density at radius 2 is 1.70 bits per heavy atom. The van der Waals surface area contributed by atoms with Crippen LogP contribution in [-0.2, 0) is 4.79 Å². The van der Waals surface area contributed by atoms with Crippen molar-refractivity contribution in [2.75, 3.05) is 25.2 Å². The van der Waals surface area contributed by atoms with Crippen molar-refractivity contribution in [1.82, 2.24) is 4.90 Å². The van der Waals surface area contributed by atoms with Crippen LogP contribution in [0.5, 0.6) is 11.5 Å². The Balaban J connectivity index is 1.73. The maximum Gasteiger partial charge on any atom is 0.278 e. The number of nitrogens with zero attached hydrogens (tertiary/aromatic N) is 2. The van der Waals surface area contributed by atoms with Crippen molar-refractivity contribution in [3.8, 4) is 11.5 Å². The lowest BCUT2D eigenvalue weighted by Gasteiger charge is -2.39. The van der Waals surface area contributed by atoms with E-state index in [1.54, 1.807) is 6.07 Å². The molecule has 3 atom stereocenters. The molecule has 2 aromatic carbocycles. The molecule has 0 aromatic heterocycles. The summed E-state index contributed by atoms with van der Waals surface area (Å²) in [5, 5.41) is 15.0. The highest BCUT2D eigenvalue weighted by Gasteiger charge is 2.38. The van der Waals surface area contributed by atoms with Crippen LogP contribution < -0.4 is 14.8 Å². The monoisotopic (exact) mass is 453 g/mol. The van der Waals surface area contributed by atoms with Crippen LogP contribution in [0.2, 0.25) is 0 Å². The Hall–Kier alpha value is -3.13. The van der Waals surface area contributed by atoms with E-state index >= 15 is 0 Å². The number of hydrogen-bond acceptors (Lipinski definition) is 6. The van der Waals surface area contributed by atoms with Gasteiger partial charge in [0.2, 0.25) is 12.7 Å². The van der Waals surface area contributed by atoms with Crippen LogP contribution in [0.3, 0.4) is 0 Å². The molecule has 0 spiro atoms. The molecule has 1 fully saturated rings. The number of likely N-dealkylation sites (tertiary alicyclic amines) is 1. The average Bonchev–Trinajstić information content (AvgIpc) is 3.20. The van der Waals surface area contributed by atoms with Gasteiger partial charge in [0.25, 0.3) is 5.69 Å². The third-order valence-corrected chi connectivity index (χ3v) is 6.37. The van der Waals surface area contributed by atoms with E-state index in [4.69, 9.17) is 9.47 Å². The standard InChI is InChI=1S/C25H31N3O5/c1-15(2)18-5-7-19(8-6-18)26-25(29)24(27-12-16(3)9-17(4)13-27)20-10-22-23(33-14-32-22)11-21(20)28(30)31/h5-8,10-11,15-17,24H,9,12-14H2,1-4H3,(H,26,29)/t16-,17+,24-/m1/s1. The van der Waals surface area contributed by atoms with Crippen LogP contribution in [0, 0.1) is 22.0 Å². The van der Waals surface area contributed by atoms with Gasteiger partial charge in [0.05, 0.1) is 16.6 Å². The summed E-state index contributed by atoms with van der Waals surface area (Å²) in [5.74, 6) is 1.60. The van der Waals surface area contributed by atoms with Gasteiger partial charge in [0.1, 0.15) is 6.04 Å². The summed E-state index contributed by atoms with van der Waals surface area (Å²) in [6.45, 7) is 9.89. The minimum atomic E-state index is -0.824. The molecule has 4 rings (SSSR count). The molecule has 2 aromatic rings. The molecular formula is C25H31N3O5. The molecule has 2 heterocycles. The van der Waals surface area contributed by atoms with Gasteiger partial charge in [-0.05, 0) is 47.9 Å². The lowest BCUT2D eigenvalue weighted by molar-refractivity contribution is -0.386. The molecule has 0 saturated carbocycles. The van der Waals surface area contributed by atoms with Gasteiger partial charge in [-0.25, -0.2) is 0 Å². The topological polar surface area (TPSA) is 93.9 Å². The van der Waals surface area contributed by atoms with Crippen LogP contribution in [0.1, 0.15) is 57.2 Å². The number of hydrogen-bond donors (Lipinski definition) is 1. The Kier molecular flexibility index (Phi) is 6.56. The number of ether oxygens (including phenoxy) is 2. The number of rotatable bonds is 6. The van der Waals surface area contributed by atoms with Crippen molar-refractivity contribution in [3.05, 3.63) is 57.6 Å². The first-order valence-electron chi connectivity index (χ1n) is 11.5. The van der Waals surface area contributed by atoms with Crippen molar-refractivity contribution < 1.29 is 19.2 Å². The first kappa shape index (κ1) is 23.0. The van der Waals surface area contributed by atoms with E-state index in [2.05, 4.69) is 37.9 Å². The molecule has 176 valence electrons. The largest absolute Gasteiger partial charge is 0.454 e. The van der Waals surface area contributed by atoms with Crippen molar-refractivity contribution >= 4 is 17.3 Å². The highest BCUT2D eigenvalue weighted by molar-refractivity contribution is 5.96. The van der Waals surface area contributed by atoms with Crippen LogP contribution in [0.25, 0.3) is 0 Å². The van der Waals surface area contributed by atoms with E-state index in [0.29, 0.717) is 53.6 Å². The highest BCUT2D eigenvalue weighted by atomic mass is 16.7. The number of piperidine rings is 1. The molecule has 33 heavy (non-hydrogen) atoms. The number of carbonyl (C=O) groups excluding carboxylic acids is 1. The summed E-state index contributed by atoms with van der Waals surface area (Å²) in [5.41, 5.74) is 2.02. The lowest BCUT2D eigenvalue weighted by Crippen LogP contribution is -2.45. The van der Waals surface area contributed by atoms with E-state index in [-0.39, 0.29) is 18.4 Å². The fourth-order valence-electron chi connectivity index (χ4n) is 4.91. The van der Waals surface area contributed by atoms with Gasteiger partial charge >= 0.3 is 0 Å². The van der Waals surface area contributed by atoms with Crippen molar-refractivity contribution in [2.24, 2.45) is 11.8 Å². The number of nitro benzene ring substituents is 1. The Morgan fingerprint density at radius 3 is 2.27 bits per heavy atom. The van der Waals surface area contributed by atoms with E-state index in [1.165, 1.54) is 11.6 Å². The van der Waals surface area contributed by atoms with Crippen molar-refractivity contribution in [2.45, 2.75) is 46.1 Å². The third kappa shape index (κ3) is 4.95. The van der Waals surface area contributed by atoms with Gasteiger partial charge in [-0.2, -0.15) is 0 Å². The van der Waals surface area contributed by atoms with Crippen LogP contribution >= 0.6 is 0 Å². The zero-order chi connectivity index (χ0) is 23.7. The normalized spacial score (nSPS) is 21.1. The maximum absolute atomic E-state index is 13.7. The van der Waals surface area contributed by atoms with Gasteiger partial charge in [0.15, 0.2) is 11.5 Å². The summed E-state index contributed by atoms with van der Waals surface area (Å²) >= 11 is 0. The summed E-state index contributed by atoms with van der Waals surface area (Å²) in [4.78, 5) is 27.3. The molecule has 2 aliphatic rings. The number of fused-ring (bicyclic) bond motifs is 1. The van der Waals surface area contributed by atoms with E-state index in [1.807, 2.05) is 24.3 Å². The third-order valence-electron chi connectivity index (χ3n) is 6.37. The number of nitro groups is 1. The molecule has 0 bridgehead atoms. The molecular weight excluding hydrogens is 422 g/mol. The first-order valence-corrected chi connectivity index (χ1v) is 11.5. The molecule has 2 aliphatic heterocycles. The minimum Gasteiger partial charge on any atom is -0.454 e. The molecule has 1 amide bonds. The number of nitrogens with one attached hydrogen (secondary N) is 1. The van der Waals surface area contributed by atoms with Gasteiger partial charge in [-0.1, -0.05) is 39.8 Å². The number of amides is 1.